The van der Waals surface area contributed by atoms with E-state index in [0.29, 0.717) is 0 Å². The van der Waals surface area contributed by atoms with E-state index in [-0.39, 0.29) is 0 Å². The van der Waals surface area contributed by atoms with Gasteiger partial charge in [-0.1, -0.05) is 49.2 Å². The number of benzene rings is 4. The largest absolute Gasteiger partial charge is 0.497 e. The Bertz CT molecular complexity index is 1670. The third kappa shape index (κ3) is 5.17. The molecule has 40 heavy (non-hydrogen) atoms. The van der Waals surface area contributed by atoms with Gasteiger partial charge in [0.15, 0.2) is 0 Å². The van der Waals surface area contributed by atoms with E-state index in [4.69, 9.17) is 19.4 Å². The lowest BCUT2D eigenvalue weighted by Gasteiger charge is -2.15. The minimum absolute atomic E-state index is 0.841. The Kier molecular flexibility index (Phi) is 7.49. The maximum Gasteiger partial charge on any atom is 0.119 e. The van der Waals surface area contributed by atoms with Crippen molar-refractivity contribution in [2.75, 3.05) is 37.9 Å². The lowest BCUT2D eigenvalue weighted by Crippen LogP contribution is -2.05. The van der Waals surface area contributed by atoms with E-state index in [0.717, 1.165) is 105 Å². The number of hydrogen-bond donors (Lipinski definition) is 2. The smallest absolute Gasteiger partial charge is 0.119 e. The van der Waals surface area contributed by atoms with Gasteiger partial charge >= 0.3 is 0 Å². The number of nitrogens with zero attached hydrogens (tertiary/aromatic N) is 2. The Hall–Kier alpha value is -4.58. The fourth-order valence-corrected chi connectivity index (χ4v) is 5.41. The normalized spacial score (nSPS) is 11.3. The van der Waals surface area contributed by atoms with Gasteiger partial charge in [0.2, 0.25) is 0 Å². The van der Waals surface area contributed by atoms with Crippen molar-refractivity contribution in [1.82, 2.24) is 9.97 Å². The molecule has 0 aliphatic rings. The summed E-state index contributed by atoms with van der Waals surface area (Å²) in [6.45, 7) is 1.82. The van der Waals surface area contributed by atoms with E-state index in [9.17, 15) is 0 Å². The summed E-state index contributed by atoms with van der Waals surface area (Å²) in [5.74, 6) is 1.68. The standard InChI is InChI=1S/C34H34N4O2/c1-39-23-15-17-31-27(21-23)33(25-11-5-7-13-29(25)37-31)35-19-9-3-4-10-20-36-34-26-12-6-8-14-30(26)38-32-18-16-24(40-2)22-28(32)34/h5-8,11-18,21-22H,3-4,9-10,19-20H2,1-2H3,(H,35,37)(H,36,38). The Morgan fingerprint density at radius 3 is 1.38 bits per heavy atom. The molecule has 0 atom stereocenters. The number of aromatic nitrogens is 2. The highest BCUT2D eigenvalue weighted by Gasteiger charge is 2.11. The van der Waals surface area contributed by atoms with Gasteiger partial charge in [0.05, 0.1) is 47.7 Å². The summed E-state index contributed by atoms with van der Waals surface area (Å²) >= 11 is 0. The zero-order valence-electron chi connectivity index (χ0n) is 23.0. The number of ether oxygens (including phenoxy) is 2. The van der Waals surface area contributed by atoms with E-state index in [1.165, 1.54) is 0 Å². The number of para-hydroxylation sites is 2. The van der Waals surface area contributed by atoms with Gasteiger partial charge < -0.3 is 20.1 Å². The van der Waals surface area contributed by atoms with Crippen molar-refractivity contribution in [3.8, 4) is 11.5 Å². The van der Waals surface area contributed by atoms with Gasteiger partial charge in [0.1, 0.15) is 11.5 Å². The molecular formula is C34H34N4O2. The summed E-state index contributed by atoms with van der Waals surface area (Å²) in [6, 6.07) is 28.8. The maximum absolute atomic E-state index is 5.49. The first-order chi connectivity index (χ1) is 19.7. The zero-order valence-corrected chi connectivity index (χ0v) is 23.0. The summed E-state index contributed by atoms with van der Waals surface area (Å²) in [7, 11) is 3.40. The number of anilines is 2. The molecule has 0 aliphatic carbocycles. The number of nitrogens with one attached hydrogen (secondary N) is 2. The summed E-state index contributed by atoms with van der Waals surface area (Å²) in [5.41, 5.74) is 6.22. The molecule has 2 aromatic heterocycles. The number of unbranched alkanes of at least 4 members (excludes halogenated alkanes) is 3. The van der Waals surface area contributed by atoms with Crippen molar-refractivity contribution >= 4 is 55.0 Å². The highest BCUT2D eigenvalue weighted by molar-refractivity contribution is 6.08. The molecule has 202 valence electrons. The third-order valence-corrected chi connectivity index (χ3v) is 7.48. The minimum Gasteiger partial charge on any atom is -0.497 e. The van der Waals surface area contributed by atoms with Crippen LogP contribution in [0.1, 0.15) is 25.7 Å². The molecule has 0 saturated carbocycles. The van der Waals surface area contributed by atoms with Gasteiger partial charge in [-0.05, 0) is 61.4 Å². The van der Waals surface area contributed by atoms with Gasteiger partial charge in [-0.15, -0.1) is 0 Å². The first kappa shape index (κ1) is 25.7. The fraction of sp³-hybridized carbons (Fsp3) is 0.235. The van der Waals surface area contributed by atoms with E-state index in [1.54, 1.807) is 14.2 Å². The predicted octanol–water partition coefficient (Wildman–Crippen LogP) is 8.19. The predicted molar refractivity (Wildman–Crippen MR) is 167 cm³/mol. The molecule has 6 rings (SSSR count). The van der Waals surface area contributed by atoms with Crippen molar-refractivity contribution in [2.45, 2.75) is 25.7 Å². The molecular weight excluding hydrogens is 496 g/mol. The van der Waals surface area contributed by atoms with Crippen LogP contribution in [0.4, 0.5) is 11.4 Å². The van der Waals surface area contributed by atoms with E-state index < -0.39 is 0 Å². The van der Waals surface area contributed by atoms with Crippen LogP contribution in [-0.2, 0) is 0 Å². The van der Waals surface area contributed by atoms with E-state index >= 15 is 0 Å². The van der Waals surface area contributed by atoms with Gasteiger partial charge in [-0.25, -0.2) is 9.97 Å². The average molecular weight is 531 g/mol. The first-order valence-corrected chi connectivity index (χ1v) is 14.0. The summed E-state index contributed by atoms with van der Waals surface area (Å²) in [4.78, 5) is 9.70. The molecule has 0 amide bonds. The number of pyridine rings is 2. The third-order valence-electron chi connectivity index (χ3n) is 7.48. The Labute approximate surface area is 234 Å². The Morgan fingerprint density at radius 1 is 0.500 bits per heavy atom. The van der Waals surface area contributed by atoms with Gasteiger partial charge in [0, 0.05) is 34.6 Å². The minimum atomic E-state index is 0.841. The molecule has 0 aliphatic heterocycles. The van der Waals surface area contributed by atoms with Crippen molar-refractivity contribution < 1.29 is 9.47 Å². The van der Waals surface area contributed by atoms with E-state index in [1.807, 2.05) is 36.4 Å². The van der Waals surface area contributed by atoms with Crippen LogP contribution in [0, 0.1) is 0 Å². The molecule has 6 heteroatoms. The average Bonchev–Trinajstić information content (AvgIpc) is 3.00. The summed E-state index contributed by atoms with van der Waals surface area (Å²) in [5, 5.41) is 11.9. The van der Waals surface area contributed by atoms with Crippen LogP contribution >= 0.6 is 0 Å². The van der Waals surface area contributed by atoms with Gasteiger partial charge in [-0.3, -0.25) is 0 Å². The molecule has 0 unspecified atom stereocenters. The lowest BCUT2D eigenvalue weighted by molar-refractivity contribution is 0.415. The molecule has 0 spiro atoms. The number of methoxy groups -OCH3 is 2. The van der Waals surface area contributed by atoms with Crippen molar-refractivity contribution in [3.63, 3.8) is 0 Å². The maximum atomic E-state index is 5.49. The second kappa shape index (κ2) is 11.7. The highest BCUT2D eigenvalue weighted by Crippen LogP contribution is 2.34. The molecule has 2 N–H and O–H groups in total. The van der Waals surface area contributed by atoms with Crippen molar-refractivity contribution in [1.29, 1.82) is 0 Å². The van der Waals surface area contributed by atoms with Crippen LogP contribution < -0.4 is 20.1 Å². The fourth-order valence-electron chi connectivity index (χ4n) is 5.41. The Morgan fingerprint density at radius 2 is 0.925 bits per heavy atom. The summed E-state index contributed by atoms with van der Waals surface area (Å²) < 4.78 is 11.0. The second-order valence-electron chi connectivity index (χ2n) is 10.0. The molecule has 4 aromatic carbocycles. The lowest BCUT2D eigenvalue weighted by atomic mass is 10.1. The Balaban J connectivity index is 1.08. The second-order valence-corrected chi connectivity index (χ2v) is 10.0. The topological polar surface area (TPSA) is 68.3 Å². The molecule has 2 heterocycles. The van der Waals surface area contributed by atoms with Gasteiger partial charge in [-0.2, -0.15) is 0 Å². The van der Waals surface area contributed by atoms with Crippen LogP contribution in [0.25, 0.3) is 43.6 Å². The molecule has 0 bridgehead atoms. The number of fused-ring (bicyclic) bond motifs is 4. The van der Waals surface area contributed by atoms with Crippen LogP contribution in [0.2, 0.25) is 0 Å². The number of rotatable bonds is 11. The van der Waals surface area contributed by atoms with Crippen LogP contribution in [0.3, 0.4) is 0 Å². The molecule has 6 nitrogen and oxygen atoms in total. The molecule has 0 saturated heterocycles. The number of hydrogen-bond acceptors (Lipinski definition) is 6. The monoisotopic (exact) mass is 530 g/mol. The van der Waals surface area contributed by atoms with Crippen molar-refractivity contribution in [2.24, 2.45) is 0 Å². The molecule has 0 radical (unpaired) electrons. The van der Waals surface area contributed by atoms with E-state index in [2.05, 4.69) is 59.2 Å². The molecule has 6 aromatic rings. The quantitative estimate of drug-likeness (QED) is 0.130. The highest BCUT2D eigenvalue weighted by atomic mass is 16.5. The van der Waals surface area contributed by atoms with Crippen molar-refractivity contribution in [3.05, 3.63) is 84.9 Å². The zero-order chi connectivity index (χ0) is 27.3. The molecule has 0 fully saturated rings. The van der Waals surface area contributed by atoms with Crippen LogP contribution in [0.15, 0.2) is 84.9 Å². The summed E-state index contributed by atoms with van der Waals surface area (Å²) in [6.07, 6.45) is 4.51. The van der Waals surface area contributed by atoms with Gasteiger partial charge in [0.25, 0.3) is 0 Å². The first-order valence-electron chi connectivity index (χ1n) is 14.0. The van der Waals surface area contributed by atoms with Crippen LogP contribution in [-0.4, -0.2) is 37.3 Å². The van der Waals surface area contributed by atoms with Crippen LogP contribution in [0.5, 0.6) is 11.5 Å². The SMILES string of the molecule is COc1ccc2nc3ccccc3c(NCCCCCCNc3c4ccccc4nc4ccc(OC)cc34)c2c1.